The summed E-state index contributed by atoms with van der Waals surface area (Å²) in [7, 11) is 0. The van der Waals surface area contributed by atoms with Crippen molar-refractivity contribution in [2.24, 2.45) is 16.8 Å². The molecule has 2 heterocycles. The van der Waals surface area contributed by atoms with Gasteiger partial charge in [-0.15, -0.1) is 11.8 Å². The van der Waals surface area contributed by atoms with E-state index in [1.54, 1.807) is 36.6 Å². The Morgan fingerprint density at radius 3 is 2.42 bits per heavy atom. The minimum atomic E-state index is -0.453. The summed E-state index contributed by atoms with van der Waals surface area (Å²) >= 11 is 2.44. The van der Waals surface area contributed by atoms with E-state index in [-0.39, 0.29) is 37.2 Å². The van der Waals surface area contributed by atoms with Crippen LogP contribution in [0.2, 0.25) is 0 Å². The quantitative estimate of drug-likeness (QED) is 0.454. The number of carbonyl (C=O) groups excluding carboxylic acids is 4. The van der Waals surface area contributed by atoms with Crippen molar-refractivity contribution in [3.8, 4) is 0 Å². The first-order chi connectivity index (χ1) is 17.2. The minimum absolute atomic E-state index is 0.0388. The minimum Gasteiger partial charge on any atom is -0.465 e. The van der Waals surface area contributed by atoms with E-state index in [4.69, 9.17) is 9.47 Å². The maximum Gasteiger partial charge on any atom is 0.338 e. The summed E-state index contributed by atoms with van der Waals surface area (Å²) in [4.78, 5) is 56.0. The zero-order chi connectivity index (χ0) is 26.2. The first-order valence-electron chi connectivity index (χ1n) is 12.1. The lowest BCUT2D eigenvalue weighted by Crippen LogP contribution is -2.43. The van der Waals surface area contributed by atoms with Crippen molar-refractivity contribution < 1.29 is 28.7 Å². The summed E-state index contributed by atoms with van der Waals surface area (Å²) in [5.74, 6) is -0.0353. The first-order valence-corrected chi connectivity index (χ1v) is 14.1. The molecular formula is C25H33N3O6S2. The summed E-state index contributed by atoms with van der Waals surface area (Å²) in [5, 5.41) is 0. The SMILES string of the molecule is CCOC(=O)Cn1c(=NC(=O)CSCC(=O)N2CC(C)CC(C)C2)sc2cc(C(=O)OCC)ccc21. The van der Waals surface area contributed by atoms with Gasteiger partial charge in [0.15, 0.2) is 4.80 Å². The predicted octanol–water partition coefficient (Wildman–Crippen LogP) is 3.11. The highest BCUT2D eigenvalue weighted by Crippen LogP contribution is 2.22. The van der Waals surface area contributed by atoms with Gasteiger partial charge in [0.25, 0.3) is 5.91 Å². The third-order valence-corrected chi connectivity index (χ3v) is 7.62. The fraction of sp³-hybridized carbons (Fsp3) is 0.560. The van der Waals surface area contributed by atoms with Crippen molar-refractivity contribution in [2.45, 2.75) is 40.7 Å². The number of ether oxygens (including phenoxy) is 2. The van der Waals surface area contributed by atoms with Gasteiger partial charge in [0, 0.05) is 13.1 Å². The van der Waals surface area contributed by atoms with Gasteiger partial charge < -0.3 is 18.9 Å². The lowest BCUT2D eigenvalue weighted by atomic mass is 9.92. The molecule has 0 saturated carbocycles. The van der Waals surface area contributed by atoms with Crippen LogP contribution in [0.1, 0.15) is 44.5 Å². The number of rotatable bonds is 9. The standard InChI is InChI=1S/C25H33N3O6S2/c1-5-33-23(31)13-28-19-8-7-18(24(32)34-6-2)10-20(19)36-25(28)26-21(29)14-35-15-22(30)27-11-16(3)9-17(4)12-27/h7-8,10,16-17H,5-6,9,11-15H2,1-4H3. The number of piperidine rings is 1. The lowest BCUT2D eigenvalue weighted by Gasteiger charge is -2.35. The number of hydrogen-bond donors (Lipinski definition) is 0. The average Bonchev–Trinajstić information content (AvgIpc) is 3.14. The number of aromatic nitrogens is 1. The van der Waals surface area contributed by atoms with Crippen LogP contribution in [-0.2, 0) is 30.4 Å². The number of amides is 2. The van der Waals surface area contributed by atoms with Crippen LogP contribution < -0.4 is 4.80 Å². The van der Waals surface area contributed by atoms with Gasteiger partial charge in [-0.05, 0) is 50.3 Å². The second-order valence-electron chi connectivity index (χ2n) is 8.92. The number of carbonyl (C=O) groups is 4. The molecule has 196 valence electrons. The van der Waals surface area contributed by atoms with E-state index in [2.05, 4.69) is 18.8 Å². The Kier molecular flexibility index (Phi) is 10.1. The zero-order valence-corrected chi connectivity index (χ0v) is 22.8. The predicted molar refractivity (Wildman–Crippen MR) is 140 cm³/mol. The van der Waals surface area contributed by atoms with Crippen molar-refractivity contribution in [1.82, 2.24) is 9.47 Å². The van der Waals surface area contributed by atoms with E-state index >= 15 is 0 Å². The van der Waals surface area contributed by atoms with E-state index in [1.807, 2.05) is 4.90 Å². The molecule has 36 heavy (non-hydrogen) atoms. The van der Waals surface area contributed by atoms with Gasteiger partial charge >= 0.3 is 11.9 Å². The van der Waals surface area contributed by atoms with Gasteiger partial charge in [-0.1, -0.05) is 25.2 Å². The second kappa shape index (κ2) is 13.0. The zero-order valence-electron chi connectivity index (χ0n) is 21.2. The molecule has 0 spiro atoms. The van der Waals surface area contributed by atoms with E-state index in [0.29, 0.717) is 32.4 Å². The van der Waals surface area contributed by atoms with Crippen LogP contribution >= 0.6 is 23.1 Å². The van der Waals surface area contributed by atoms with Gasteiger partial charge in [0.2, 0.25) is 5.91 Å². The van der Waals surface area contributed by atoms with Crippen LogP contribution in [0.25, 0.3) is 10.2 Å². The normalized spacial score (nSPS) is 18.3. The first kappa shape index (κ1) is 27.9. The van der Waals surface area contributed by atoms with Crippen molar-refractivity contribution >= 4 is 57.1 Å². The summed E-state index contributed by atoms with van der Waals surface area (Å²) < 4.78 is 12.4. The third kappa shape index (κ3) is 7.42. The molecule has 1 aromatic carbocycles. The highest BCUT2D eigenvalue weighted by atomic mass is 32.2. The topological polar surface area (TPSA) is 107 Å². The summed E-state index contributed by atoms with van der Waals surface area (Å²) in [6.07, 6.45) is 1.12. The molecule has 9 nitrogen and oxygen atoms in total. The van der Waals surface area contributed by atoms with E-state index in [1.165, 1.54) is 23.1 Å². The Hall–Kier alpha value is -2.66. The molecule has 2 aromatic rings. The van der Waals surface area contributed by atoms with E-state index in [9.17, 15) is 19.2 Å². The summed E-state index contributed by atoms with van der Waals surface area (Å²) in [6.45, 7) is 9.64. The molecule has 1 fully saturated rings. The van der Waals surface area contributed by atoms with Crippen LogP contribution in [0, 0.1) is 11.8 Å². The molecule has 1 aliphatic heterocycles. The van der Waals surface area contributed by atoms with Crippen molar-refractivity contribution in [3.63, 3.8) is 0 Å². The van der Waals surface area contributed by atoms with Gasteiger partial charge in [-0.25, -0.2) is 4.79 Å². The maximum atomic E-state index is 12.7. The molecule has 2 atom stereocenters. The molecule has 3 rings (SSSR count). The molecule has 2 amide bonds. The Bertz CT molecular complexity index is 1180. The molecule has 0 bridgehead atoms. The number of benzene rings is 1. The molecular weight excluding hydrogens is 502 g/mol. The number of likely N-dealkylation sites (tertiary alicyclic amines) is 1. The molecule has 1 saturated heterocycles. The van der Waals surface area contributed by atoms with Gasteiger partial charge in [-0.3, -0.25) is 14.4 Å². The second-order valence-corrected chi connectivity index (χ2v) is 10.9. The Labute approximate surface area is 218 Å². The number of hydrogen-bond acceptors (Lipinski definition) is 8. The van der Waals surface area contributed by atoms with Crippen LogP contribution in [0.15, 0.2) is 23.2 Å². The van der Waals surface area contributed by atoms with Gasteiger partial charge in [0.05, 0.1) is 40.5 Å². The van der Waals surface area contributed by atoms with Crippen LogP contribution in [-0.4, -0.2) is 71.0 Å². The molecule has 11 heteroatoms. The van der Waals surface area contributed by atoms with Crippen LogP contribution in [0.3, 0.4) is 0 Å². The summed E-state index contributed by atoms with van der Waals surface area (Å²) in [5.41, 5.74) is 1.03. The molecule has 1 aromatic heterocycles. The summed E-state index contributed by atoms with van der Waals surface area (Å²) in [6, 6.07) is 4.98. The van der Waals surface area contributed by atoms with Crippen LogP contribution in [0.4, 0.5) is 0 Å². The lowest BCUT2D eigenvalue weighted by molar-refractivity contribution is -0.143. The Balaban J connectivity index is 1.76. The number of nitrogens with zero attached hydrogens (tertiary/aromatic N) is 3. The van der Waals surface area contributed by atoms with Crippen molar-refractivity contribution in [2.75, 3.05) is 37.8 Å². The average molecular weight is 536 g/mol. The van der Waals surface area contributed by atoms with Crippen molar-refractivity contribution in [1.29, 1.82) is 0 Å². The molecule has 0 aliphatic carbocycles. The largest absolute Gasteiger partial charge is 0.465 e. The van der Waals surface area contributed by atoms with Crippen LogP contribution in [0.5, 0.6) is 0 Å². The molecule has 0 N–H and O–H groups in total. The Morgan fingerprint density at radius 1 is 1.06 bits per heavy atom. The van der Waals surface area contributed by atoms with Crippen molar-refractivity contribution in [3.05, 3.63) is 28.6 Å². The molecule has 2 unspecified atom stereocenters. The fourth-order valence-corrected chi connectivity index (χ4v) is 6.10. The molecule has 1 aliphatic rings. The highest BCUT2D eigenvalue weighted by Gasteiger charge is 2.25. The Morgan fingerprint density at radius 2 is 1.75 bits per heavy atom. The maximum absolute atomic E-state index is 12.7. The number of esters is 2. The van der Waals surface area contributed by atoms with E-state index in [0.717, 1.165) is 19.5 Å². The number of thiazole rings is 1. The van der Waals surface area contributed by atoms with E-state index < -0.39 is 17.8 Å². The third-order valence-electron chi connectivity index (χ3n) is 5.68. The number of fused-ring (bicyclic) bond motifs is 1. The highest BCUT2D eigenvalue weighted by molar-refractivity contribution is 8.00. The molecule has 0 radical (unpaired) electrons. The fourth-order valence-electron chi connectivity index (χ4n) is 4.31. The smallest absolute Gasteiger partial charge is 0.338 e. The monoisotopic (exact) mass is 535 g/mol. The van der Waals surface area contributed by atoms with Gasteiger partial charge in [0.1, 0.15) is 6.54 Å². The number of thioether (sulfide) groups is 1. The van der Waals surface area contributed by atoms with Gasteiger partial charge in [-0.2, -0.15) is 4.99 Å².